The molecule has 2 rings (SSSR count). The van der Waals surface area contributed by atoms with Gasteiger partial charge in [0.25, 0.3) is 5.91 Å². The number of nitrogens with one attached hydrogen (secondary N) is 1. The zero-order valence-electron chi connectivity index (χ0n) is 14.2. The van der Waals surface area contributed by atoms with Crippen LogP contribution in [0.4, 0.5) is 10.1 Å². The molecular weight excluding hydrogens is 325 g/mol. The van der Waals surface area contributed by atoms with Crippen molar-refractivity contribution in [2.45, 2.75) is 26.7 Å². The summed E-state index contributed by atoms with van der Waals surface area (Å²) in [5.41, 5.74) is 0.852. The van der Waals surface area contributed by atoms with Crippen molar-refractivity contribution < 1.29 is 9.18 Å². The summed E-state index contributed by atoms with van der Waals surface area (Å²) in [7, 11) is 1.72. The molecule has 1 aromatic carbocycles. The van der Waals surface area contributed by atoms with Crippen LogP contribution in [0, 0.1) is 11.7 Å². The van der Waals surface area contributed by atoms with Crippen molar-refractivity contribution in [2.24, 2.45) is 13.0 Å². The van der Waals surface area contributed by atoms with Crippen molar-refractivity contribution in [1.29, 1.82) is 0 Å². The first-order chi connectivity index (χ1) is 11.3. The van der Waals surface area contributed by atoms with E-state index in [1.165, 1.54) is 22.5 Å². The number of carbonyl (C=O) groups excluding carboxylic acids is 1. The lowest BCUT2D eigenvalue weighted by Crippen LogP contribution is -2.12. The van der Waals surface area contributed by atoms with Gasteiger partial charge in [0.15, 0.2) is 0 Å². The second-order valence-corrected chi connectivity index (χ2v) is 7.05. The third-order valence-electron chi connectivity index (χ3n) is 3.73. The molecule has 1 amide bonds. The van der Waals surface area contributed by atoms with Crippen molar-refractivity contribution in [3.8, 4) is 0 Å². The second-order valence-electron chi connectivity index (χ2n) is 5.83. The third-order valence-corrected chi connectivity index (χ3v) is 4.82. The highest BCUT2D eigenvalue weighted by Gasteiger charge is 2.15. The molecule has 0 saturated carbocycles. The van der Waals surface area contributed by atoms with Gasteiger partial charge in [-0.25, -0.2) is 4.39 Å². The molecule has 1 aromatic heterocycles. The number of nitrogens with zero attached hydrogens (tertiary/aromatic N) is 2. The first-order valence-corrected chi connectivity index (χ1v) is 8.63. The summed E-state index contributed by atoms with van der Waals surface area (Å²) in [5.74, 6) is -0.471. The zero-order valence-corrected chi connectivity index (χ0v) is 15.0. The Labute approximate surface area is 145 Å². The number of carbonyl (C=O) groups is 1. The quantitative estimate of drug-likeness (QED) is 0.729. The van der Waals surface area contributed by atoms with Gasteiger partial charge in [0, 0.05) is 18.9 Å². The molecule has 2 aromatic rings. The van der Waals surface area contributed by atoms with E-state index in [0.29, 0.717) is 27.4 Å². The average Bonchev–Trinajstić information content (AvgIpc) is 2.88. The van der Waals surface area contributed by atoms with E-state index < -0.39 is 5.82 Å². The molecule has 0 radical (unpaired) electrons. The van der Waals surface area contributed by atoms with Gasteiger partial charge >= 0.3 is 0 Å². The van der Waals surface area contributed by atoms with Crippen molar-refractivity contribution in [2.75, 3.05) is 5.32 Å². The Morgan fingerprint density at radius 2 is 2.17 bits per heavy atom. The number of halogens is 1. The maximum atomic E-state index is 14.1. The number of hydrogen-bond donors (Lipinski definition) is 1. The lowest BCUT2D eigenvalue weighted by atomic mass is 10.1. The Morgan fingerprint density at radius 3 is 2.83 bits per heavy atom. The standard InChI is InChI=1S/C18H22FN3OS/c1-6-7-11(2)12(3)24-13(4)18(23)20-14-8-16(19)15-10-22(5)21-17(15)9-14/h8-11H,3-4,6-7H2,1-2,5H3,(H,20,23). The monoisotopic (exact) mass is 347 g/mol. The predicted octanol–water partition coefficient (Wildman–Crippen LogP) is 4.85. The highest BCUT2D eigenvalue weighted by molar-refractivity contribution is 8.07. The van der Waals surface area contributed by atoms with Crippen molar-refractivity contribution in [3.63, 3.8) is 0 Å². The fourth-order valence-corrected chi connectivity index (χ4v) is 3.15. The molecule has 0 aliphatic heterocycles. The number of hydrogen-bond acceptors (Lipinski definition) is 3. The molecule has 128 valence electrons. The molecule has 1 heterocycles. The molecule has 0 spiro atoms. The summed E-state index contributed by atoms with van der Waals surface area (Å²) in [4.78, 5) is 13.5. The van der Waals surface area contributed by atoms with Crippen LogP contribution in [0.5, 0.6) is 0 Å². The van der Waals surface area contributed by atoms with Crippen LogP contribution in [0.2, 0.25) is 0 Å². The Bertz CT molecular complexity index is 797. The van der Waals surface area contributed by atoms with Gasteiger partial charge in [0.2, 0.25) is 0 Å². The van der Waals surface area contributed by atoms with Gasteiger partial charge in [0.1, 0.15) is 5.82 Å². The van der Waals surface area contributed by atoms with Crippen molar-refractivity contribution >= 4 is 34.3 Å². The summed E-state index contributed by atoms with van der Waals surface area (Å²) in [6, 6.07) is 2.93. The Balaban J connectivity index is 2.06. The van der Waals surface area contributed by atoms with Crippen LogP contribution in [-0.2, 0) is 11.8 Å². The highest BCUT2D eigenvalue weighted by Crippen LogP contribution is 2.32. The molecular formula is C18H22FN3OS. The van der Waals surface area contributed by atoms with Gasteiger partial charge in [0.05, 0.1) is 15.8 Å². The Kier molecular flexibility index (Phi) is 5.83. The summed E-state index contributed by atoms with van der Waals surface area (Å²) in [6.07, 6.45) is 3.68. The van der Waals surface area contributed by atoms with Crippen LogP contribution in [0.15, 0.2) is 41.3 Å². The number of amides is 1. The lowest BCUT2D eigenvalue weighted by Gasteiger charge is -2.14. The molecule has 4 nitrogen and oxygen atoms in total. The summed E-state index contributed by atoms with van der Waals surface area (Å²) >= 11 is 1.27. The number of fused-ring (bicyclic) bond motifs is 1. The van der Waals surface area contributed by atoms with E-state index in [4.69, 9.17) is 0 Å². The second kappa shape index (κ2) is 7.66. The summed E-state index contributed by atoms with van der Waals surface area (Å²) in [5, 5.41) is 7.25. The first-order valence-electron chi connectivity index (χ1n) is 7.81. The molecule has 1 atom stereocenters. The van der Waals surface area contributed by atoms with Gasteiger partial charge in [-0.15, -0.1) is 0 Å². The third kappa shape index (κ3) is 4.26. The number of aromatic nitrogens is 2. The maximum Gasteiger partial charge on any atom is 0.261 e. The maximum absolute atomic E-state index is 14.1. The number of thioether (sulfide) groups is 1. The zero-order chi connectivity index (χ0) is 17.9. The number of rotatable bonds is 7. The van der Waals surface area contributed by atoms with Crippen LogP contribution in [0.3, 0.4) is 0 Å². The molecule has 0 fully saturated rings. The molecule has 1 N–H and O–H groups in total. The first kappa shape index (κ1) is 18.3. The minimum absolute atomic E-state index is 0.312. The molecule has 0 bridgehead atoms. The Hall–Kier alpha value is -2.08. The van der Waals surface area contributed by atoms with Crippen LogP contribution < -0.4 is 5.32 Å². The topological polar surface area (TPSA) is 46.9 Å². The highest BCUT2D eigenvalue weighted by atomic mass is 32.2. The van der Waals surface area contributed by atoms with E-state index in [-0.39, 0.29) is 5.91 Å². The van der Waals surface area contributed by atoms with Gasteiger partial charge in [-0.3, -0.25) is 9.48 Å². The minimum atomic E-state index is -0.421. The fourth-order valence-electron chi connectivity index (χ4n) is 2.37. The van der Waals surface area contributed by atoms with Crippen LogP contribution in [-0.4, -0.2) is 15.7 Å². The molecule has 1 unspecified atom stereocenters. The number of aryl methyl sites for hydroxylation is 1. The van der Waals surface area contributed by atoms with Gasteiger partial charge in [-0.05, 0) is 29.4 Å². The van der Waals surface area contributed by atoms with Gasteiger partial charge < -0.3 is 5.32 Å². The molecule has 6 heteroatoms. The van der Waals surface area contributed by atoms with E-state index in [0.717, 1.165) is 17.7 Å². The van der Waals surface area contributed by atoms with Crippen molar-refractivity contribution in [1.82, 2.24) is 9.78 Å². The molecule has 0 saturated heterocycles. The fraction of sp³-hybridized carbons (Fsp3) is 0.333. The van der Waals surface area contributed by atoms with Crippen LogP contribution >= 0.6 is 11.8 Å². The number of allylic oxidation sites excluding steroid dienone is 1. The predicted molar refractivity (Wildman–Crippen MR) is 99.2 cm³/mol. The molecule has 24 heavy (non-hydrogen) atoms. The van der Waals surface area contributed by atoms with Crippen LogP contribution in [0.25, 0.3) is 10.9 Å². The van der Waals surface area contributed by atoms with E-state index in [1.54, 1.807) is 19.3 Å². The molecule has 0 aliphatic carbocycles. The van der Waals surface area contributed by atoms with E-state index >= 15 is 0 Å². The van der Waals surface area contributed by atoms with Gasteiger partial charge in [-0.1, -0.05) is 45.2 Å². The Morgan fingerprint density at radius 1 is 1.46 bits per heavy atom. The summed E-state index contributed by atoms with van der Waals surface area (Å²) < 4.78 is 15.6. The lowest BCUT2D eigenvalue weighted by molar-refractivity contribution is -0.112. The van der Waals surface area contributed by atoms with Crippen LogP contribution in [0.1, 0.15) is 26.7 Å². The van der Waals surface area contributed by atoms with E-state index in [2.05, 4.69) is 37.4 Å². The summed E-state index contributed by atoms with van der Waals surface area (Å²) in [6.45, 7) is 12.0. The van der Waals surface area contributed by atoms with E-state index in [9.17, 15) is 9.18 Å². The SMILES string of the molecule is C=C(SC(=C)C(C)CCC)C(=O)Nc1cc(F)c2cn(C)nc2c1. The van der Waals surface area contributed by atoms with Crippen molar-refractivity contribution in [3.05, 3.63) is 47.1 Å². The average molecular weight is 347 g/mol. The smallest absolute Gasteiger partial charge is 0.261 e. The molecule has 0 aliphatic rings. The number of benzene rings is 1. The largest absolute Gasteiger partial charge is 0.321 e. The normalized spacial score (nSPS) is 12.2. The number of anilines is 1. The van der Waals surface area contributed by atoms with Gasteiger partial charge in [-0.2, -0.15) is 5.10 Å². The van der Waals surface area contributed by atoms with E-state index in [1.807, 2.05) is 0 Å². The minimum Gasteiger partial charge on any atom is -0.321 e.